The van der Waals surface area contributed by atoms with Crippen LogP contribution in [0.2, 0.25) is 0 Å². The number of rotatable bonds is 8. The van der Waals surface area contributed by atoms with Gasteiger partial charge in [0.15, 0.2) is 5.76 Å². The number of nitrogens with zero attached hydrogens (tertiary/aromatic N) is 2. The predicted octanol–water partition coefficient (Wildman–Crippen LogP) is 5.86. The van der Waals surface area contributed by atoms with Crippen LogP contribution in [0, 0.1) is 6.92 Å². The zero-order valence-electron chi connectivity index (χ0n) is 20.3. The van der Waals surface area contributed by atoms with Crippen LogP contribution in [-0.2, 0) is 9.59 Å². The molecule has 1 unspecified atom stereocenters. The van der Waals surface area contributed by atoms with Gasteiger partial charge in [-0.3, -0.25) is 9.59 Å². The highest BCUT2D eigenvalue weighted by atomic mass is 16.3. The van der Waals surface area contributed by atoms with Crippen molar-refractivity contribution in [1.82, 2.24) is 5.01 Å². The number of para-hydroxylation sites is 1. The predicted molar refractivity (Wildman–Crippen MR) is 139 cm³/mol. The molecule has 0 saturated heterocycles. The van der Waals surface area contributed by atoms with Gasteiger partial charge in [0, 0.05) is 29.6 Å². The zero-order chi connectivity index (χ0) is 25.1. The summed E-state index contributed by atoms with van der Waals surface area (Å²) in [7, 11) is 0. The molecule has 0 fully saturated rings. The Balaban J connectivity index is 1.35. The van der Waals surface area contributed by atoms with Crippen LogP contribution < -0.4 is 10.6 Å². The van der Waals surface area contributed by atoms with Crippen molar-refractivity contribution in [1.29, 1.82) is 0 Å². The Kier molecular flexibility index (Phi) is 6.58. The fourth-order valence-corrected chi connectivity index (χ4v) is 4.37. The van der Waals surface area contributed by atoms with Crippen molar-refractivity contribution in [3.05, 3.63) is 84.0 Å². The maximum atomic E-state index is 13.3. The Morgan fingerprint density at radius 1 is 1.08 bits per heavy atom. The van der Waals surface area contributed by atoms with Crippen LogP contribution in [0.5, 0.6) is 0 Å². The Bertz CT molecular complexity index is 1390. The number of carbonyl (C=O) groups is 2. The van der Waals surface area contributed by atoms with Crippen LogP contribution in [0.25, 0.3) is 11.0 Å². The van der Waals surface area contributed by atoms with E-state index < -0.39 is 0 Å². The second kappa shape index (κ2) is 10.1. The Morgan fingerprint density at radius 2 is 1.92 bits per heavy atom. The number of anilines is 2. The lowest BCUT2D eigenvalue weighted by molar-refractivity contribution is -0.131. The molecule has 0 radical (unpaired) electrons. The minimum Gasteiger partial charge on any atom is -0.467 e. The second-order valence-corrected chi connectivity index (χ2v) is 8.80. The molecule has 1 atom stereocenters. The van der Waals surface area contributed by atoms with Gasteiger partial charge in [-0.05, 0) is 55.3 Å². The van der Waals surface area contributed by atoms with Gasteiger partial charge in [-0.2, -0.15) is 5.10 Å². The van der Waals surface area contributed by atoms with Crippen molar-refractivity contribution in [2.24, 2.45) is 5.10 Å². The number of nitrogens with one attached hydrogen (secondary N) is 2. The Hall–Kier alpha value is -4.33. The van der Waals surface area contributed by atoms with Crippen molar-refractivity contribution in [3.63, 3.8) is 0 Å². The van der Waals surface area contributed by atoms with E-state index in [4.69, 9.17) is 8.83 Å². The second-order valence-electron chi connectivity index (χ2n) is 8.80. The van der Waals surface area contributed by atoms with E-state index in [1.165, 1.54) is 5.01 Å². The quantitative estimate of drug-likeness (QED) is 0.326. The first kappa shape index (κ1) is 23.4. The van der Waals surface area contributed by atoms with Crippen molar-refractivity contribution in [2.45, 2.75) is 39.2 Å². The number of furan rings is 2. The topological polar surface area (TPSA) is 100 Å². The summed E-state index contributed by atoms with van der Waals surface area (Å²) in [6.45, 7) is 3.90. The molecule has 1 aliphatic heterocycles. The average molecular weight is 485 g/mol. The van der Waals surface area contributed by atoms with Gasteiger partial charge in [-0.1, -0.05) is 31.2 Å². The first-order chi connectivity index (χ1) is 17.5. The van der Waals surface area contributed by atoms with Crippen LogP contribution in [0.1, 0.15) is 49.3 Å². The summed E-state index contributed by atoms with van der Waals surface area (Å²) in [5, 5.41) is 13.3. The lowest BCUT2D eigenvalue weighted by Gasteiger charge is -2.21. The van der Waals surface area contributed by atoms with E-state index in [2.05, 4.69) is 15.7 Å². The van der Waals surface area contributed by atoms with Gasteiger partial charge >= 0.3 is 0 Å². The number of hydrazone groups is 1. The zero-order valence-corrected chi connectivity index (χ0v) is 20.3. The molecule has 4 aromatic rings. The smallest absolute Gasteiger partial charge is 0.262 e. The molecule has 2 aromatic carbocycles. The molecule has 0 spiro atoms. The largest absolute Gasteiger partial charge is 0.467 e. The molecular weight excluding hydrogens is 456 g/mol. The molecule has 0 aliphatic carbocycles. The number of benzene rings is 2. The van der Waals surface area contributed by atoms with E-state index in [9.17, 15) is 9.59 Å². The third-order valence-electron chi connectivity index (χ3n) is 6.26. The molecule has 0 saturated carbocycles. The van der Waals surface area contributed by atoms with Gasteiger partial charge in [0.05, 0.1) is 12.8 Å². The molecule has 2 amide bonds. The normalized spacial score (nSPS) is 15.2. The van der Waals surface area contributed by atoms with E-state index in [0.29, 0.717) is 30.1 Å². The van der Waals surface area contributed by atoms with Crippen LogP contribution in [0.3, 0.4) is 0 Å². The van der Waals surface area contributed by atoms with Gasteiger partial charge in [0.25, 0.3) is 5.91 Å². The molecule has 8 nitrogen and oxygen atoms in total. The summed E-state index contributed by atoms with van der Waals surface area (Å²) in [4.78, 5) is 25.4. The van der Waals surface area contributed by atoms with Crippen LogP contribution in [-0.4, -0.2) is 29.1 Å². The van der Waals surface area contributed by atoms with Crippen LogP contribution in [0.15, 0.2) is 80.9 Å². The molecule has 0 bridgehead atoms. The highest BCUT2D eigenvalue weighted by Gasteiger charge is 2.35. The number of amides is 2. The number of fused-ring (bicyclic) bond motifs is 1. The molecule has 8 heteroatoms. The van der Waals surface area contributed by atoms with Gasteiger partial charge in [-0.15, -0.1) is 0 Å². The summed E-state index contributed by atoms with van der Waals surface area (Å²) in [5.41, 5.74) is 3.83. The van der Waals surface area contributed by atoms with Gasteiger partial charge in [0.2, 0.25) is 5.91 Å². The Labute approximate surface area is 209 Å². The minimum absolute atomic E-state index is 0.0281. The lowest BCUT2D eigenvalue weighted by atomic mass is 10.1. The number of hydrogen-bond donors (Lipinski definition) is 2. The van der Waals surface area contributed by atoms with Gasteiger partial charge < -0.3 is 19.5 Å². The maximum Gasteiger partial charge on any atom is 0.262 e. The highest BCUT2D eigenvalue weighted by Crippen LogP contribution is 2.34. The molecule has 184 valence electrons. The third kappa shape index (κ3) is 4.75. The molecule has 36 heavy (non-hydrogen) atoms. The minimum atomic E-state index is -0.363. The molecule has 1 aliphatic rings. The van der Waals surface area contributed by atoms with E-state index >= 15 is 0 Å². The first-order valence-corrected chi connectivity index (χ1v) is 12.1. The maximum absolute atomic E-state index is 13.3. The standard InChI is InChI=1S/C28H28N4O4/c1-3-8-27(33)30-21-11-6-10-20(18(21)2)29-17-28(34)32-23(25-13-7-14-35-25)16-22(31-32)26-15-19-9-4-5-12-24(19)36-26/h4-7,9-15,23,29H,3,8,16-17H2,1-2H3,(H,30,33). The summed E-state index contributed by atoms with van der Waals surface area (Å²) in [5.74, 6) is 1.07. The molecular formula is C28H28N4O4. The summed E-state index contributed by atoms with van der Waals surface area (Å²) in [6.07, 6.45) is 3.32. The van der Waals surface area contributed by atoms with Crippen LogP contribution in [0.4, 0.5) is 11.4 Å². The van der Waals surface area contributed by atoms with Crippen molar-refractivity contribution in [2.75, 3.05) is 17.2 Å². The average Bonchev–Trinajstić information content (AvgIpc) is 3.63. The third-order valence-corrected chi connectivity index (χ3v) is 6.26. The molecule has 3 heterocycles. The number of hydrogen-bond acceptors (Lipinski definition) is 6. The van der Waals surface area contributed by atoms with E-state index in [-0.39, 0.29) is 24.4 Å². The first-order valence-electron chi connectivity index (χ1n) is 12.1. The van der Waals surface area contributed by atoms with Crippen molar-refractivity contribution in [3.8, 4) is 0 Å². The fraction of sp³-hybridized carbons (Fsp3) is 0.250. The molecule has 5 rings (SSSR count). The van der Waals surface area contributed by atoms with E-state index in [0.717, 1.165) is 34.3 Å². The highest BCUT2D eigenvalue weighted by molar-refractivity contribution is 6.03. The van der Waals surface area contributed by atoms with Gasteiger partial charge in [0.1, 0.15) is 23.1 Å². The van der Waals surface area contributed by atoms with E-state index in [1.807, 2.05) is 68.4 Å². The van der Waals surface area contributed by atoms with Crippen molar-refractivity contribution >= 4 is 39.9 Å². The monoisotopic (exact) mass is 484 g/mol. The Morgan fingerprint density at radius 3 is 2.69 bits per heavy atom. The SMILES string of the molecule is CCCC(=O)Nc1cccc(NCC(=O)N2N=C(c3cc4ccccc4o3)CC2c2ccco2)c1C. The summed E-state index contributed by atoms with van der Waals surface area (Å²) in [6, 6.07) is 18.6. The van der Waals surface area contributed by atoms with Gasteiger partial charge in [-0.25, -0.2) is 5.01 Å². The van der Waals surface area contributed by atoms with E-state index in [1.54, 1.807) is 12.3 Å². The van der Waals surface area contributed by atoms with Crippen molar-refractivity contribution < 1.29 is 18.4 Å². The fourth-order valence-electron chi connectivity index (χ4n) is 4.37. The summed E-state index contributed by atoms with van der Waals surface area (Å²) >= 11 is 0. The lowest BCUT2D eigenvalue weighted by Crippen LogP contribution is -2.32. The summed E-state index contributed by atoms with van der Waals surface area (Å²) < 4.78 is 11.6. The van der Waals surface area contributed by atoms with Crippen LogP contribution >= 0.6 is 0 Å². The number of carbonyl (C=O) groups excluding carboxylic acids is 2. The molecule has 2 N–H and O–H groups in total. The molecule has 2 aromatic heterocycles.